The highest BCUT2D eigenvalue weighted by Crippen LogP contribution is 2.19. The Bertz CT molecular complexity index is 1140. The second-order valence-corrected chi connectivity index (χ2v) is 9.75. The van der Waals surface area contributed by atoms with E-state index in [1.807, 2.05) is 91.0 Å². The zero-order chi connectivity index (χ0) is 25.6. The standard InChI is InChI=1S/C27H31NO7S/c1-36(30,31)35-21-26(33-19-23-13-7-3-8-14-23)27(34-20-24-15-9-4-10-16-24)25(17-28-29)32-18-22-11-5-2-6-12-22/h2-17,25-27,29H,18-21H2,1H3/t25-,26+,27-/m0/s1. The molecule has 192 valence electrons. The zero-order valence-corrected chi connectivity index (χ0v) is 20.9. The molecular formula is C27H31NO7S. The van der Waals surface area contributed by atoms with E-state index < -0.39 is 28.4 Å². The van der Waals surface area contributed by atoms with Gasteiger partial charge in [0.25, 0.3) is 10.1 Å². The van der Waals surface area contributed by atoms with Gasteiger partial charge in [-0.3, -0.25) is 4.18 Å². The predicted octanol–water partition coefficient (Wildman–Crippen LogP) is 4.18. The molecule has 0 aromatic heterocycles. The lowest BCUT2D eigenvalue weighted by atomic mass is 10.1. The summed E-state index contributed by atoms with van der Waals surface area (Å²) in [6, 6.07) is 28.4. The second kappa shape index (κ2) is 14.5. The molecule has 0 saturated carbocycles. The van der Waals surface area contributed by atoms with Crippen molar-refractivity contribution in [3.8, 4) is 0 Å². The van der Waals surface area contributed by atoms with Crippen molar-refractivity contribution in [2.45, 2.75) is 38.1 Å². The van der Waals surface area contributed by atoms with Gasteiger partial charge in [0.15, 0.2) is 0 Å². The zero-order valence-electron chi connectivity index (χ0n) is 20.1. The van der Waals surface area contributed by atoms with Crippen molar-refractivity contribution in [1.29, 1.82) is 0 Å². The summed E-state index contributed by atoms with van der Waals surface area (Å²) in [6.07, 6.45) is -0.432. The van der Waals surface area contributed by atoms with Crippen molar-refractivity contribution in [1.82, 2.24) is 0 Å². The molecule has 0 aliphatic rings. The highest BCUT2D eigenvalue weighted by atomic mass is 32.2. The summed E-state index contributed by atoms with van der Waals surface area (Å²) in [5, 5.41) is 12.6. The predicted molar refractivity (Wildman–Crippen MR) is 136 cm³/mol. The fourth-order valence-corrected chi connectivity index (χ4v) is 3.82. The van der Waals surface area contributed by atoms with Crippen LogP contribution in [0.15, 0.2) is 96.2 Å². The summed E-state index contributed by atoms with van der Waals surface area (Å²) >= 11 is 0. The number of hydrogen-bond acceptors (Lipinski definition) is 8. The smallest absolute Gasteiger partial charge is 0.264 e. The van der Waals surface area contributed by atoms with E-state index in [-0.39, 0.29) is 26.4 Å². The van der Waals surface area contributed by atoms with E-state index in [1.54, 1.807) is 0 Å². The monoisotopic (exact) mass is 513 g/mol. The lowest BCUT2D eigenvalue weighted by molar-refractivity contribution is -0.141. The highest BCUT2D eigenvalue weighted by molar-refractivity contribution is 7.85. The van der Waals surface area contributed by atoms with Gasteiger partial charge in [-0.25, -0.2) is 0 Å². The summed E-state index contributed by atoms with van der Waals surface area (Å²) in [6.45, 7) is 0.280. The van der Waals surface area contributed by atoms with Crippen LogP contribution in [0.25, 0.3) is 0 Å². The number of nitrogens with zero attached hydrogens (tertiary/aromatic N) is 1. The molecule has 3 aromatic rings. The molecule has 0 spiro atoms. The Labute approximate surface area is 212 Å². The number of oxime groups is 1. The molecule has 36 heavy (non-hydrogen) atoms. The van der Waals surface area contributed by atoms with Crippen LogP contribution < -0.4 is 0 Å². The number of rotatable bonds is 15. The van der Waals surface area contributed by atoms with E-state index in [9.17, 15) is 13.6 Å². The maximum absolute atomic E-state index is 11.8. The Kier molecular flexibility index (Phi) is 11.1. The van der Waals surface area contributed by atoms with Gasteiger partial charge in [0.1, 0.15) is 18.3 Å². The first kappa shape index (κ1) is 27.5. The van der Waals surface area contributed by atoms with Crippen LogP contribution >= 0.6 is 0 Å². The van der Waals surface area contributed by atoms with Crippen molar-refractivity contribution in [2.75, 3.05) is 12.9 Å². The van der Waals surface area contributed by atoms with Crippen molar-refractivity contribution < 1.29 is 32.0 Å². The topological polar surface area (TPSA) is 104 Å². The van der Waals surface area contributed by atoms with Gasteiger partial charge < -0.3 is 19.4 Å². The Hall–Kier alpha value is -3.08. The Morgan fingerprint density at radius 3 is 1.64 bits per heavy atom. The lowest BCUT2D eigenvalue weighted by Gasteiger charge is -2.31. The van der Waals surface area contributed by atoms with Gasteiger partial charge in [-0.15, -0.1) is 0 Å². The van der Waals surface area contributed by atoms with Crippen molar-refractivity contribution >= 4 is 16.3 Å². The van der Waals surface area contributed by atoms with Gasteiger partial charge in [0.2, 0.25) is 0 Å². The quantitative estimate of drug-likeness (QED) is 0.141. The van der Waals surface area contributed by atoms with E-state index in [2.05, 4.69) is 5.16 Å². The van der Waals surface area contributed by atoms with Crippen molar-refractivity contribution in [2.24, 2.45) is 5.16 Å². The molecule has 0 bridgehead atoms. The molecule has 0 fully saturated rings. The molecule has 3 rings (SSSR count). The SMILES string of the molecule is CS(=O)(=O)OC[C@@H](OCc1ccccc1)[C@@H](OCc1ccccc1)[C@H](C=NO)OCc1ccccc1. The first-order valence-electron chi connectivity index (χ1n) is 11.4. The fourth-order valence-electron chi connectivity index (χ4n) is 3.44. The van der Waals surface area contributed by atoms with Crippen LogP contribution in [0.2, 0.25) is 0 Å². The second-order valence-electron chi connectivity index (χ2n) is 8.11. The van der Waals surface area contributed by atoms with Gasteiger partial charge in [-0.2, -0.15) is 8.42 Å². The van der Waals surface area contributed by atoms with E-state index >= 15 is 0 Å². The third kappa shape index (κ3) is 9.88. The summed E-state index contributed by atoms with van der Waals surface area (Å²) in [7, 11) is -3.76. The minimum Gasteiger partial charge on any atom is -0.411 e. The molecule has 0 aliphatic carbocycles. The van der Waals surface area contributed by atoms with Gasteiger partial charge in [0.05, 0.1) is 38.9 Å². The average Bonchev–Trinajstić information content (AvgIpc) is 2.89. The minimum atomic E-state index is -3.76. The molecule has 1 N–H and O–H groups in total. The number of ether oxygens (including phenoxy) is 3. The number of benzene rings is 3. The van der Waals surface area contributed by atoms with E-state index in [0.717, 1.165) is 22.9 Å². The van der Waals surface area contributed by atoms with Crippen LogP contribution in [0.3, 0.4) is 0 Å². The Morgan fingerprint density at radius 1 is 0.750 bits per heavy atom. The molecule has 3 aromatic carbocycles. The summed E-state index contributed by atoms with van der Waals surface area (Å²) < 4.78 is 47.1. The highest BCUT2D eigenvalue weighted by Gasteiger charge is 2.33. The fraction of sp³-hybridized carbons (Fsp3) is 0.296. The lowest BCUT2D eigenvalue weighted by Crippen LogP contribution is -2.46. The maximum Gasteiger partial charge on any atom is 0.264 e. The third-order valence-corrected chi connectivity index (χ3v) is 5.79. The minimum absolute atomic E-state index is 0.186. The third-order valence-electron chi connectivity index (χ3n) is 5.23. The van der Waals surface area contributed by atoms with Gasteiger partial charge in [0, 0.05) is 0 Å². The Morgan fingerprint density at radius 2 is 1.19 bits per heavy atom. The van der Waals surface area contributed by atoms with Crippen LogP contribution in [0.4, 0.5) is 0 Å². The maximum atomic E-state index is 11.8. The summed E-state index contributed by atoms with van der Waals surface area (Å²) in [5.74, 6) is 0. The van der Waals surface area contributed by atoms with Crippen LogP contribution in [0.5, 0.6) is 0 Å². The van der Waals surface area contributed by atoms with E-state index in [4.69, 9.17) is 18.4 Å². The van der Waals surface area contributed by atoms with Gasteiger partial charge >= 0.3 is 0 Å². The van der Waals surface area contributed by atoms with Crippen LogP contribution in [-0.4, -0.2) is 51.0 Å². The molecule has 3 atom stereocenters. The normalized spacial score (nSPS) is 14.5. The molecule has 0 aliphatic heterocycles. The van der Waals surface area contributed by atoms with Gasteiger partial charge in [-0.05, 0) is 16.7 Å². The van der Waals surface area contributed by atoms with Gasteiger partial charge in [-0.1, -0.05) is 96.2 Å². The molecule has 0 saturated heterocycles. The molecule has 0 unspecified atom stereocenters. The van der Waals surface area contributed by atoms with Crippen molar-refractivity contribution in [3.63, 3.8) is 0 Å². The van der Waals surface area contributed by atoms with E-state index in [1.165, 1.54) is 6.21 Å². The molecule has 0 amide bonds. The first-order valence-corrected chi connectivity index (χ1v) is 13.2. The van der Waals surface area contributed by atoms with Crippen molar-refractivity contribution in [3.05, 3.63) is 108 Å². The van der Waals surface area contributed by atoms with Crippen LogP contribution in [0.1, 0.15) is 16.7 Å². The largest absolute Gasteiger partial charge is 0.411 e. The first-order chi connectivity index (χ1) is 17.4. The summed E-state index contributed by atoms with van der Waals surface area (Å²) in [5.41, 5.74) is 2.70. The van der Waals surface area contributed by atoms with E-state index in [0.29, 0.717) is 0 Å². The number of hydrogen-bond donors (Lipinski definition) is 1. The van der Waals surface area contributed by atoms with Crippen LogP contribution in [0, 0.1) is 0 Å². The molecule has 0 radical (unpaired) electrons. The molecule has 8 nitrogen and oxygen atoms in total. The average molecular weight is 514 g/mol. The Balaban J connectivity index is 1.85. The molecule has 9 heteroatoms. The molecular weight excluding hydrogens is 482 g/mol. The van der Waals surface area contributed by atoms with Crippen LogP contribution in [-0.2, 0) is 48.3 Å². The molecule has 0 heterocycles. The summed E-state index contributed by atoms with van der Waals surface area (Å²) in [4.78, 5) is 0.